The first-order valence-electron chi connectivity index (χ1n) is 7.57. The van der Waals surface area contributed by atoms with Crippen LogP contribution in [0.4, 0.5) is 5.69 Å². The minimum Gasteiger partial charge on any atom is -0.398 e. The molecule has 3 rings (SSSR count). The van der Waals surface area contributed by atoms with E-state index in [1.165, 1.54) is 16.7 Å². The van der Waals surface area contributed by atoms with Gasteiger partial charge in [-0.25, -0.2) is 0 Å². The van der Waals surface area contributed by atoms with Gasteiger partial charge in [-0.2, -0.15) is 0 Å². The third-order valence-electron chi connectivity index (χ3n) is 5.05. The Morgan fingerprint density at radius 1 is 1.00 bits per heavy atom. The molecule has 110 valence electrons. The van der Waals surface area contributed by atoms with Crippen molar-refractivity contribution in [3.8, 4) is 0 Å². The number of nitrogens with two attached hydrogens (primary N) is 2. The molecule has 0 aromatic heterocycles. The first kappa shape index (κ1) is 14.2. The second-order valence-corrected chi connectivity index (χ2v) is 7.06. The summed E-state index contributed by atoms with van der Waals surface area (Å²) in [7, 11) is 0. The molecule has 2 aromatic rings. The van der Waals surface area contributed by atoms with Crippen LogP contribution in [0.1, 0.15) is 49.4 Å². The van der Waals surface area contributed by atoms with E-state index in [0.717, 1.165) is 17.7 Å². The summed E-state index contributed by atoms with van der Waals surface area (Å²) in [6.07, 6.45) is 1.10. The Kier molecular flexibility index (Phi) is 3.10. The lowest BCUT2D eigenvalue weighted by Crippen LogP contribution is -2.23. The Bertz CT molecular complexity index is 688. The van der Waals surface area contributed by atoms with Crippen molar-refractivity contribution in [1.82, 2.24) is 0 Å². The van der Waals surface area contributed by atoms with Gasteiger partial charge < -0.3 is 11.5 Å². The first-order chi connectivity index (χ1) is 9.88. The van der Waals surface area contributed by atoms with E-state index in [1.54, 1.807) is 0 Å². The summed E-state index contributed by atoms with van der Waals surface area (Å²) in [5.41, 5.74) is 18.1. The molecule has 1 atom stereocenters. The first-order valence-corrected chi connectivity index (χ1v) is 7.57. The molecule has 0 amide bonds. The summed E-state index contributed by atoms with van der Waals surface area (Å²) in [5.74, 6) is 0. The van der Waals surface area contributed by atoms with E-state index in [-0.39, 0.29) is 10.8 Å². The lowest BCUT2D eigenvalue weighted by atomic mass is 9.75. The van der Waals surface area contributed by atoms with Crippen LogP contribution < -0.4 is 11.5 Å². The molecule has 0 bridgehead atoms. The molecule has 0 saturated heterocycles. The van der Waals surface area contributed by atoms with Crippen LogP contribution in [0.2, 0.25) is 0 Å². The smallest absolute Gasteiger partial charge is 0.0362 e. The SMILES string of the molecule is CC1(C)CC(C)(c2ccc(CN)c(N)c2)c2ccccc21. The highest BCUT2D eigenvalue weighted by molar-refractivity contribution is 5.57. The van der Waals surface area contributed by atoms with Gasteiger partial charge in [0.2, 0.25) is 0 Å². The molecule has 21 heavy (non-hydrogen) atoms. The summed E-state index contributed by atoms with van der Waals surface area (Å²) in [6, 6.07) is 15.2. The third-order valence-corrected chi connectivity index (χ3v) is 5.05. The van der Waals surface area contributed by atoms with Crippen LogP contribution in [-0.4, -0.2) is 0 Å². The summed E-state index contributed by atoms with van der Waals surface area (Å²) < 4.78 is 0. The topological polar surface area (TPSA) is 52.0 Å². The quantitative estimate of drug-likeness (QED) is 0.824. The van der Waals surface area contributed by atoms with Crippen LogP contribution in [0.5, 0.6) is 0 Å². The van der Waals surface area contributed by atoms with Crippen LogP contribution in [0.3, 0.4) is 0 Å². The molecule has 2 heteroatoms. The highest BCUT2D eigenvalue weighted by Gasteiger charge is 2.45. The van der Waals surface area contributed by atoms with E-state index in [2.05, 4.69) is 63.2 Å². The molecule has 1 aliphatic carbocycles. The third kappa shape index (κ3) is 2.06. The van der Waals surface area contributed by atoms with Gasteiger partial charge in [-0.3, -0.25) is 0 Å². The molecule has 0 aliphatic heterocycles. The Morgan fingerprint density at radius 3 is 2.29 bits per heavy atom. The minimum atomic E-state index is 0.0152. The van der Waals surface area contributed by atoms with Gasteiger partial charge >= 0.3 is 0 Å². The maximum absolute atomic E-state index is 6.17. The molecular weight excluding hydrogens is 256 g/mol. The van der Waals surface area contributed by atoms with Crippen molar-refractivity contribution in [3.63, 3.8) is 0 Å². The fourth-order valence-electron chi connectivity index (χ4n) is 4.01. The van der Waals surface area contributed by atoms with Crippen molar-refractivity contribution in [2.45, 2.75) is 44.6 Å². The van der Waals surface area contributed by atoms with Crippen LogP contribution >= 0.6 is 0 Å². The number of hydrogen-bond donors (Lipinski definition) is 2. The predicted octanol–water partition coefficient (Wildman–Crippen LogP) is 3.71. The van der Waals surface area contributed by atoms with E-state index in [9.17, 15) is 0 Å². The molecule has 0 saturated carbocycles. The largest absolute Gasteiger partial charge is 0.398 e. The number of anilines is 1. The van der Waals surface area contributed by atoms with E-state index in [0.29, 0.717) is 6.54 Å². The zero-order valence-electron chi connectivity index (χ0n) is 13.1. The van der Waals surface area contributed by atoms with Gasteiger partial charge in [0.25, 0.3) is 0 Å². The average molecular weight is 280 g/mol. The molecule has 0 spiro atoms. The fraction of sp³-hybridized carbons (Fsp3) is 0.368. The van der Waals surface area contributed by atoms with Crippen molar-refractivity contribution in [2.24, 2.45) is 5.73 Å². The fourth-order valence-corrected chi connectivity index (χ4v) is 4.01. The number of fused-ring (bicyclic) bond motifs is 1. The van der Waals surface area contributed by atoms with Crippen LogP contribution in [0.15, 0.2) is 42.5 Å². The van der Waals surface area contributed by atoms with Crippen molar-refractivity contribution in [3.05, 3.63) is 64.7 Å². The minimum absolute atomic E-state index is 0.0152. The zero-order valence-corrected chi connectivity index (χ0v) is 13.1. The molecule has 0 heterocycles. The number of nitrogen functional groups attached to an aromatic ring is 1. The highest BCUT2D eigenvalue weighted by Crippen LogP contribution is 2.52. The van der Waals surface area contributed by atoms with E-state index >= 15 is 0 Å². The Labute approximate surface area is 127 Å². The van der Waals surface area contributed by atoms with Gasteiger partial charge in [0.15, 0.2) is 0 Å². The number of rotatable bonds is 2. The van der Waals surface area contributed by atoms with Crippen molar-refractivity contribution in [2.75, 3.05) is 5.73 Å². The second-order valence-electron chi connectivity index (χ2n) is 7.06. The van der Waals surface area contributed by atoms with Crippen molar-refractivity contribution < 1.29 is 0 Å². The summed E-state index contributed by atoms with van der Waals surface area (Å²) in [5, 5.41) is 0. The lowest BCUT2D eigenvalue weighted by Gasteiger charge is -2.29. The van der Waals surface area contributed by atoms with Gasteiger partial charge in [-0.1, -0.05) is 57.2 Å². The van der Waals surface area contributed by atoms with E-state index < -0.39 is 0 Å². The Morgan fingerprint density at radius 2 is 1.67 bits per heavy atom. The van der Waals surface area contributed by atoms with Gasteiger partial charge in [0, 0.05) is 17.6 Å². The normalized spacial score (nSPS) is 23.0. The molecule has 2 nitrogen and oxygen atoms in total. The lowest BCUT2D eigenvalue weighted by molar-refractivity contribution is 0.425. The summed E-state index contributed by atoms with van der Waals surface area (Å²) >= 11 is 0. The van der Waals surface area contributed by atoms with Gasteiger partial charge in [-0.15, -0.1) is 0 Å². The van der Waals surface area contributed by atoms with Gasteiger partial charge in [0.1, 0.15) is 0 Å². The molecule has 2 aromatic carbocycles. The van der Waals surface area contributed by atoms with Crippen molar-refractivity contribution >= 4 is 5.69 Å². The van der Waals surface area contributed by atoms with E-state index in [1.807, 2.05) is 0 Å². The summed E-state index contributed by atoms with van der Waals surface area (Å²) in [4.78, 5) is 0. The zero-order chi connectivity index (χ0) is 15.3. The van der Waals surface area contributed by atoms with Crippen LogP contribution in [0.25, 0.3) is 0 Å². The van der Waals surface area contributed by atoms with Crippen LogP contribution in [0, 0.1) is 0 Å². The summed E-state index contributed by atoms with van der Waals surface area (Å²) in [6.45, 7) is 7.48. The molecule has 1 aliphatic rings. The Balaban J connectivity index is 2.16. The highest BCUT2D eigenvalue weighted by atomic mass is 14.6. The second kappa shape index (κ2) is 4.60. The maximum Gasteiger partial charge on any atom is 0.0362 e. The van der Waals surface area contributed by atoms with Gasteiger partial charge in [0.05, 0.1) is 0 Å². The number of hydrogen-bond acceptors (Lipinski definition) is 2. The number of benzene rings is 2. The van der Waals surface area contributed by atoms with Gasteiger partial charge in [-0.05, 0) is 40.2 Å². The molecule has 1 unspecified atom stereocenters. The molecule has 0 radical (unpaired) electrons. The molecule has 4 N–H and O–H groups in total. The molecular formula is C19H24N2. The Hall–Kier alpha value is -1.80. The maximum atomic E-state index is 6.17. The predicted molar refractivity (Wildman–Crippen MR) is 89.3 cm³/mol. The molecule has 0 fully saturated rings. The monoisotopic (exact) mass is 280 g/mol. The average Bonchev–Trinajstić information content (AvgIpc) is 2.67. The van der Waals surface area contributed by atoms with Crippen LogP contribution in [-0.2, 0) is 17.4 Å². The van der Waals surface area contributed by atoms with E-state index in [4.69, 9.17) is 11.5 Å². The van der Waals surface area contributed by atoms with Crippen molar-refractivity contribution in [1.29, 1.82) is 0 Å². The standard InChI is InChI=1S/C19H24N2/c1-18(2)12-19(3,16-7-5-4-6-15(16)18)14-9-8-13(11-20)17(21)10-14/h4-10H,11-12,20-21H2,1-3H3.